The Labute approximate surface area is 98.7 Å². The summed E-state index contributed by atoms with van der Waals surface area (Å²) >= 11 is 6.05. The topological polar surface area (TPSA) is 0 Å². The zero-order chi connectivity index (χ0) is 11.1. The zero-order valence-electron chi connectivity index (χ0n) is 9.75. The fourth-order valence-corrected chi connectivity index (χ4v) is 2.43. The van der Waals surface area contributed by atoms with Gasteiger partial charge in [-0.15, -0.1) is 11.6 Å². The Balaban J connectivity index is 2.53. The van der Waals surface area contributed by atoms with Gasteiger partial charge >= 0.3 is 0 Å². The van der Waals surface area contributed by atoms with Crippen molar-refractivity contribution >= 4 is 11.6 Å². The van der Waals surface area contributed by atoms with E-state index in [2.05, 4.69) is 44.2 Å². The van der Waals surface area contributed by atoms with Crippen molar-refractivity contribution in [1.29, 1.82) is 0 Å². The molecule has 0 aliphatic rings. The first-order valence-corrected chi connectivity index (χ1v) is 6.41. The molecule has 1 aromatic carbocycles. The normalized spacial score (nSPS) is 14.9. The van der Waals surface area contributed by atoms with Crippen molar-refractivity contribution < 1.29 is 0 Å². The third-order valence-corrected chi connectivity index (χ3v) is 3.48. The quantitative estimate of drug-likeness (QED) is 0.624. The number of alkyl halides is 1. The Kier molecular flexibility index (Phi) is 5.78. The van der Waals surface area contributed by atoms with Crippen LogP contribution in [0.25, 0.3) is 0 Å². The molecule has 0 spiro atoms. The molecule has 0 aliphatic heterocycles. The number of benzene rings is 1. The minimum atomic E-state index is 0.619. The van der Waals surface area contributed by atoms with Crippen molar-refractivity contribution in [3.63, 3.8) is 0 Å². The molecule has 0 aliphatic carbocycles. The van der Waals surface area contributed by atoms with Crippen molar-refractivity contribution in [3.05, 3.63) is 35.9 Å². The van der Waals surface area contributed by atoms with E-state index in [1.165, 1.54) is 18.4 Å². The monoisotopic (exact) mass is 224 g/mol. The minimum absolute atomic E-state index is 0.619. The molecule has 0 radical (unpaired) electrons. The first-order valence-electron chi connectivity index (χ1n) is 5.87. The van der Waals surface area contributed by atoms with Gasteiger partial charge in [-0.25, -0.2) is 0 Å². The van der Waals surface area contributed by atoms with Crippen molar-refractivity contribution in [2.75, 3.05) is 5.88 Å². The molecule has 0 heterocycles. The number of halogens is 1. The van der Waals surface area contributed by atoms with Gasteiger partial charge in [-0.05, 0) is 23.8 Å². The summed E-state index contributed by atoms with van der Waals surface area (Å²) in [5, 5.41) is 0. The van der Waals surface area contributed by atoms with E-state index in [0.717, 1.165) is 18.2 Å². The zero-order valence-corrected chi connectivity index (χ0v) is 10.5. The van der Waals surface area contributed by atoms with Gasteiger partial charge in [0.1, 0.15) is 0 Å². The maximum Gasteiger partial charge on any atom is 0.0257 e. The predicted octanol–water partition coefficient (Wildman–Crippen LogP) is 4.52. The molecule has 15 heavy (non-hydrogen) atoms. The SMILES string of the molecule is CCCC(C)C(CCl)Cc1ccccc1. The summed E-state index contributed by atoms with van der Waals surface area (Å²) in [6, 6.07) is 10.7. The third kappa shape index (κ3) is 4.25. The van der Waals surface area contributed by atoms with Crippen LogP contribution in [-0.4, -0.2) is 5.88 Å². The highest BCUT2D eigenvalue weighted by molar-refractivity contribution is 6.18. The van der Waals surface area contributed by atoms with Crippen LogP contribution in [0.4, 0.5) is 0 Å². The van der Waals surface area contributed by atoms with E-state index < -0.39 is 0 Å². The summed E-state index contributed by atoms with van der Waals surface area (Å²) in [5.41, 5.74) is 1.41. The van der Waals surface area contributed by atoms with Crippen LogP contribution >= 0.6 is 11.6 Å². The smallest absolute Gasteiger partial charge is 0.0257 e. The van der Waals surface area contributed by atoms with Crippen LogP contribution < -0.4 is 0 Å². The second-order valence-corrected chi connectivity index (χ2v) is 4.68. The Morgan fingerprint density at radius 1 is 1.20 bits per heavy atom. The molecule has 0 amide bonds. The molecule has 0 aromatic heterocycles. The molecule has 84 valence electrons. The highest BCUT2D eigenvalue weighted by Crippen LogP contribution is 2.22. The lowest BCUT2D eigenvalue weighted by Gasteiger charge is -2.21. The van der Waals surface area contributed by atoms with Crippen molar-refractivity contribution in [2.45, 2.75) is 33.1 Å². The van der Waals surface area contributed by atoms with Gasteiger partial charge in [0, 0.05) is 5.88 Å². The average molecular weight is 225 g/mol. The van der Waals surface area contributed by atoms with Crippen molar-refractivity contribution in [3.8, 4) is 0 Å². The van der Waals surface area contributed by atoms with E-state index in [4.69, 9.17) is 11.6 Å². The molecule has 2 atom stereocenters. The van der Waals surface area contributed by atoms with Gasteiger partial charge in [0.25, 0.3) is 0 Å². The Morgan fingerprint density at radius 2 is 1.87 bits per heavy atom. The largest absolute Gasteiger partial charge is 0.126 e. The average Bonchev–Trinajstić information content (AvgIpc) is 2.27. The molecule has 1 aromatic rings. The van der Waals surface area contributed by atoms with E-state index in [1.54, 1.807) is 0 Å². The Morgan fingerprint density at radius 3 is 2.40 bits per heavy atom. The van der Waals surface area contributed by atoms with E-state index in [0.29, 0.717) is 5.92 Å². The molecular weight excluding hydrogens is 204 g/mol. The predicted molar refractivity (Wildman–Crippen MR) is 68.4 cm³/mol. The van der Waals surface area contributed by atoms with E-state index in [9.17, 15) is 0 Å². The van der Waals surface area contributed by atoms with Gasteiger partial charge in [-0.1, -0.05) is 57.0 Å². The summed E-state index contributed by atoms with van der Waals surface area (Å²) in [6.45, 7) is 4.56. The Bertz CT molecular complexity index is 255. The van der Waals surface area contributed by atoms with Crippen LogP contribution in [0, 0.1) is 11.8 Å². The van der Waals surface area contributed by atoms with Gasteiger partial charge in [0.05, 0.1) is 0 Å². The van der Waals surface area contributed by atoms with E-state index >= 15 is 0 Å². The molecule has 1 rings (SSSR count). The van der Waals surface area contributed by atoms with Crippen LogP contribution in [0.3, 0.4) is 0 Å². The van der Waals surface area contributed by atoms with Gasteiger partial charge in [-0.3, -0.25) is 0 Å². The fourth-order valence-electron chi connectivity index (χ4n) is 2.02. The van der Waals surface area contributed by atoms with Gasteiger partial charge in [-0.2, -0.15) is 0 Å². The summed E-state index contributed by atoms with van der Waals surface area (Å²) in [7, 11) is 0. The van der Waals surface area contributed by atoms with Gasteiger partial charge in [0.15, 0.2) is 0 Å². The van der Waals surface area contributed by atoms with E-state index in [1.807, 2.05) is 0 Å². The third-order valence-electron chi connectivity index (χ3n) is 3.09. The summed E-state index contributed by atoms with van der Waals surface area (Å²) in [4.78, 5) is 0. The van der Waals surface area contributed by atoms with Crippen LogP contribution in [-0.2, 0) is 6.42 Å². The molecule has 0 N–H and O–H groups in total. The molecule has 0 fully saturated rings. The number of hydrogen-bond donors (Lipinski definition) is 0. The minimum Gasteiger partial charge on any atom is -0.126 e. The molecule has 1 heteroatoms. The second-order valence-electron chi connectivity index (χ2n) is 4.37. The maximum absolute atomic E-state index is 6.05. The maximum atomic E-state index is 6.05. The summed E-state index contributed by atoms with van der Waals surface area (Å²) < 4.78 is 0. The fraction of sp³-hybridized carbons (Fsp3) is 0.571. The summed E-state index contributed by atoms with van der Waals surface area (Å²) in [6.07, 6.45) is 3.65. The van der Waals surface area contributed by atoms with Gasteiger partial charge < -0.3 is 0 Å². The molecule has 0 nitrogen and oxygen atoms in total. The Hall–Kier alpha value is -0.490. The van der Waals surface area contributed by atoms with Crippen LogP contribution in [0.2, 0.25) is 0 Å². The van der Waals surface area contributed by atoms with Crippen molar-refractivity contribution in [1.82, 2.24) is 0 Å². The highest BCUT2D eigenvalue weighted by atomic mass is 35.5. The second kappa shape index (κ2) is 6.90. The van der Waals surface area contributed by atoms with Crippen LogP contribution in [0.15, 0.2) is 30.3 Å². The summed E-state index contributed by atoms with van der Waals surface area (Å²) in [5.74, 6) is 2.12. The molecule has 0 bridgehead atoms. The lowest BCUT2D eigenvalue weighted by Crippen LogP contribution is -2.16. The molecule has 2 unspecified atom stereocenters. The van der Waals surface area contributed by atoms with Crippen molar-refractivity contribution in [2.24, 2.45) is 11.8 Å². The van der Waals surface area contributed by atoms with Gasteiger partial charge in [0.2, 0.25) is 0 Å². The van der Waals surface area contributed by atoms with E-state index in [-0.39, 0.29) is 0 Å². The first-order chi connectivity index (χ1) is 7.27. The van der Waals surface area contributed by atoms with Crippen LogP contribution in [0.5, 0.6) is 0 Å². The molecular formula is C14H21Cl. The lowest BCUT2D eigenvalue weighted by molar-refractivity contribution is 0.363. The van der Waals surface area contributed by atoms with Crippen LogP contribution in [0.1, 0.15) is 32.3 Å². The first kappa shape index (κ1) is 12.6. The lowest BCUT2D eigenvalue weighted by atomic mass is 9.87. The highest BCUT2D eigenvalue weighted by Gasteiger charge is 2.15. The molecule has 0 saturated carbocycles. The number of hydrogen-bond acceptors (Lipinski definition) is 0. The number of rotatable bonds is 6. The standard InChI is InChI=1S/C14H21Cl/c1-3-7-12(2)14(11-15)10-13-8-5-4-6-9-13/h4-6,8-9,12,14H,3,7,10-11H2,1-2H3. The molecule has 0 saturated heterocycles.